The van der Waals surface area contributed by atoms with Crippen LogP contribution in [0.5, 0.6) is 0 Å². The van der Waals surface area contributed by atoms with Gasteiger partial charge in [0.15, 0.2) is 0 Å². The Bertz CT molecular complexity index is 99.4. The molecule has 1 saturated carbocycles. The van der Waals surface area contributed by atoms with Gasteiger partial charge >= 0.3 is 0 Å². The van der Waals surface area contributed by atoms with Gasteiger partial charge < -0.3 is 4.90 Å². The Morgan fingerprint density at radius 3 is 2.20 bits per heavy atom. The van der Waals surface area contributed by atoms with E-state index in [4.69, 9.17) is 0 Å². The van der Waals surface area contributed by atoms with Gasteiger partial charge in [0.1, 0.15) is 0 Å². The van der Waals surface area contributed by atoms with Crippen LogP contribution < -0.4 is 0 Å². The van der Waals surface area contributed by atoms with Crippen LogP contribution in [0, 0.1) is 5.92 Å². The van der Waals surface area contributed by atoms with Crippen molar-refractivity contribution in [2.24, 2.45) is 5.92 Å². The SMILES string of the molecule is CN(C)C(CS)C1CCC1. The van der Waals surface area contributed by atoms with Gasteiger partial charge in [-0.2, -0.15) is 12.6 Å². The molecule has 0 radical (unpaired) electrons. The van der Waals surface area contributed by atoms with E-state index in [1.54, 1.807) is 0 Å². The van der Waals surface area contributed by atoms with Crippen molar-refractivity contribution in [3.63, 3.8) is 0 Å². The first-order chi connectivity index (χ1) is 4.75. The average molecular weight is 159 g/mol. The van der Waals surface area contributed by atoms with Crippen LogP contribution in [-0.2, 0) is 0 Å². The number of hydrogen-bond acceptors (Lipinski definition) is 2. The number of thiol groups is 1. The molecule has 1 atom stereocenters. The third kappa shape index (κ3) is 1.67. The van der Waals surface area contributed by atoms with E-state index in [9.17, 15) is 0 Å². The van der Waals surface area contributed by atoms with Crippen molar-refractivity contribution < 1.29 is 0 Å². The summed E-state index contributed by atoms with van der Waals surface area (Å²) >= 11 is 4.34. The molecule has 1 nitrogen and oxygen atoms in total. The average Bonchev–Trinajstić information content (AvgIpc) is 1.76. The lowest BCUT2D eigenvalue weighted by molar-refractivity contribution is 0.159. The zero-order valence-electron chi connectivity index (χ0n) is 6.88. The summed E-state index contributed by atoms with van der Waals surface area (Å²) in [5.41, 5.74) is 0. The highest BCUT2D eigenvalue weighted by molar-refractivity contribution is 7.80. The Kier molecular flexibility index (Phi) is 3.05. The highest BCUT2D eigenvalue weighted by atomic mass is 32.1. The molecule has 0 aromatic carbocycles. The maximum atomic E-state index is 4.34. The molecule has 1 unspecified atom stereocenters. The van der Waals surface area contributed by atoms with Crippen LogP contribution in [0.1, 0.15) is 19.3 Å². The van der Waals surface area contributed by atoms with E-state index in [0.29, 0.717) is 0 Å². The van der Waals surface area contributed by atoms with Gasteiger partial charge in [-0.15, -0.1) is 0 Å². The van der Waals surface area contributed by atoms with Gasteiger partial charge in [-0.1, -0.05) is 6.42 Å². The molecule has 0 aromatic rings. The second-order valence-corrected chi connectivity index (χ2v) is 3.77. The molecule has 1 aliphatic rings. The van der Waals surface area contributed by atoms with Crippen molar-refractivity contribution in [1.29, 1.82) is 0 Å². The number of hydrogen-bond donors (Lipinski definition) is 1. The summed E-state index contributed by atoms with van der Waals surface area (Å²) in [4.78, 5) is 2.30. The fourth-order valence-electron chi connectivity index (χ4n) is 1.56. The molecule has 2 heteroatoms. The summed E-state index contributed by atoms with van der Waals surface area (Å²) < 4.78 is 0. The first kappa shape index (κ1) is 8.41. The fraction of sp³-hybridized carbons (Fsp3) is 1.00. The van der Waals surface area contributed by atoms with Gasteiger partial charge in [-0.05, 0) is 32.9 Å². The lowest BCUT2D eigenvalue weighted by Gasteiger charge is -2.36. The van der Waals surface area contributed by atoms with Crippen molar-refractivity contribution in [1.82, 2.24) is 4.90 Å². The van der Waals surface area contributed by atoms with Gasteiger partial charge in [0.05, 0.1) is 0 Å². The van der Waals surface area contributed by atoms with Crippen LogP contribution >= 0.6 is 12.6 Å². The van der Waals surface area contributed by atoms with Crippen molar-refractivity contribution in [3.05, 3.63) is 0 Å². The molecule has 0 aliphatic heterocycles. The van der Waals surface area contributed by atoms with Crippen molar-refractivity contribution in [3.8, 4) is 0 Å². The second-order valence-electron chi connectivity index (χ2n) is 3.40. The third-order valence-electron chi connectivity index (χ3n) is 2.54. The molecule has 0 amide bonds. The molecule has 1 fully saturated rings. The lowest BCUT2D eigenvalue weighted by atomic mass is 9.80. The molecule has 60 valence electrons. The molecule has 0 N–H and O–H groups in total. The highest BCUT2D eigenvalue weighted by Crippen LogP contribution is 2.31. The standard InChI is InChI=1S/C8H17NS/c1-9(2)8(6-10)7-4-3-5-7/h7-8,10H,3-6H2,1-2H3. The highest BCUT2D eigenvalue weighted by Gasteiger charge is 2.27. The Labute approximate surface area is 69.2 Å². The normalized spacial score (nSPS) is 22.8. The summed E-state index contributed by atoms with van der Waals surface area (Å²) in [6.07, 6.45) is 4.27. The monoisotopic (exact) mass is 159 g/mol. The molecule has 0 bridgehead atoms. The Morgan fingerprint density at radius 1 is 1.50 bits per heavy atom. The van der Waals surface area contributed by atoms with Crippen LogP contribution in [-0.4, -0.2) is 30.8 Å². The zero-order valence-corrected chi connectivity index (χ0v) is 7.77. The van der Waals surface area contributed by atoms with E-state index in [1.807, 2.05) is 0 Å². The topological polar surface area (TPSA) is 3.24 Å². The maximum Gasteiger partial charge on any atom is 0.0206 e. The minimum atomic E-state index is 0.720. The summed E-state index contributed by atoms with van der Waals surface area (Å²) in [6.45, 7) is 0. The van der Waals surface area contributed by atoms with Gasteiger partial charge in [0.25, 0.3) is 0 Å². The quantitative estimate of drug-likeness (QED) is 0.613. The van der Waals surface area contributed by atoms with Crippen LogP contribution in [0.4, 0.5) is 0 Å². The largest absolute Gasteiger partial charge is 0.305 e. The van der Waals surface area contributed by atoms with Gasteiger partial charge in [0, 0.05) is 11.8 Å². The maximum absolute atomic E-state index is 4.34. The summed E-state index contributed by atoms with van der Waals surface area (Å²) in [6, 6.07) is 0.720. The van der Waals surface area contributed by atoms with E-state index in [2.05, 4.69) is 31.6 Å². The third-order valence-corrected chi connectivity index (χ3v) is 2.92. The zero-order chi connectivity index (χ0) is 7.56. The number of nitrogens with zero attached hydrogens (tertiary/aromatic N) is 1. The molecule has 0 spiro atoms. The van der Waals surface area contributed by atoms with Gasteiger partial charge in [0.2, 0.25) is 0 Å². The van der Waals surface area contributed by atoms with Crippen molar-refractivity contribution in [2.75, 3.05) is 19.8 Å². The Balaban J connectivity index is 2.31. The fourth-order valence-corrected chi connectivity index (χ4v) is 2.18. The molecule has 0 aromatic heterocycles. The molecular weight excluding hydrogens is 142 g/mol. The summed E-state index contributed by atoms with van der Waals surface area (Å²) in [5.74, 6) is 1.95. The second kappa shape index (κ2) is 3.63. The molecule has 10 heavy (non-hydrogen) atoms. The van der Waals surface area contributed by atoms with E-state index < -0.39 is 0 Å². The molecule has 0 heterocycles. The lowest BCUT2D eigenvalue weighted by Crippen LogP contribution is -2.39. The van der Waals surface area contributed by atoms with Crippen molar-refractivity contribution >= 4 is 12.6 Å². The number of rotatable bonds is 3. The molecular formula is C8H17NS. The first-order valence-electron chi connectivity index (χ1n) is 4.03. The van der Waals surface area contributed by atoms with Gasteiger partial charge in [-0.3, -0.25) is 0 Å². The Morgan fingerprint density at radius 2 is 2.10 bits per heavy atom. The summed E-state index contributed by atoms with van der Waals surface area (Å²) in [5, 5.41) is 0. The van der Waals surface area contributed by atoms with Crippen LogP contribution in [0.2, 0.25) is 0 Å². The molecule has 1 aliphatic carbocycles. The summed E-state index contributed by atoms with van der Waals surface area (Å²) in [7, 11) is 4.30. The van der Waals surface area contributed by atoms with Crippen LogP contribution in [0.25, 0.3) is 0 Å². The van der Waals surface area contributed by atoms with E-state index in [0.717, 1.165) is 17.7 Å². The predicted molar refractivity (Wildman–Crippen MR) is 48.7 cm³/mol. The van der Waals surface area contributed by atoms with E-state index in [-0.39, 0.29) is 0 Å². The molecule has 1 rings (SSSR count). The van der Waals surface area contributed by atoms with E-state index in [1.165, 1.54) is 19.3 Å². The molecule has 0 saturated heterocycles. The van der Waals surface area contributed by atoms with Gasteiger partial charge in [-0.25, -0.2) is 0 Å². The first-order valence-corrected chi connectivity index (χ1v) is 4.66. The van der Waals surface area contributed by atoms with Crippen LogP contribution in [0.15, 0.2) is 0 Å². The predicted octanol–water partition coefficient (Wildman–Crippen LogP) is 1.65. The minimum Gasteiger partial charge on any atom is -0.305 e. The smallest absolute Gasteiger partial charge is 0.0206 e. The minimum absolute atomic E-state index is 0.720. The van der Waals surface area contributed by atoms with E-state index >= 15 is 0 Å². The van der Waals surface area contributed by atoms with Crippen molar-refractivity contribution in [2.45, 2.75) is 25.3 Å². The Hall–Kier alpha value is 0.310. The van der Waals surface area contributed by atoms with Crippen LogP contribution in [0.3, 0.4) is 0 Å².